The third kappa shape index (κ3) is 4.90. The maximum Gasteiger partial charge on any atom is 0.176 e. The molecule has 0 bridgehead atoms. The lowest BCUT2D eigenvalue weighted by Gasteiger charge is -2.28. The van der Waals surface area contributed by atoms with Gasteiger partial charge in [0.05, 0.1) is 26.0 Å². The average molecular weight is 348 g/mol. The molecule has 0 radical (unpaired) electrons. The summed E-state index contributed by atoms with van der Waals surface area (Å²) in [5.41, 5.74) is 0.322. The van der Waals surface area contributed by atoms with Gasteiger partial charge in [0.1, 0.15) is 5.76 Å². The van der Waals surface area contributed by atoms with Crippen LogP contribution in [0.4, 0.5) is 4.39 Å². The van der Waals surface area contributed by atoms with Crippen LogP contribution in [0.15, 0.2) is 41.0 Å². The number of nitrogens with one attached hydrogen (secondary N) is 1. The Hall–Kier alpha value is -2.18. The van der Waals surface area contributed by atoms with Crippen LogP contribution in [-0.4, -0.2) is 44.0 Å². The molecule has 5 nitrogen and oxygen atoms in total. The summed E-state index contributed by atoms with van der Waals surface area (Å²) in [6, 6.07) is 8.08. The Morgan fingerprint density at radius 1 is 1.32 bits per heavy atom. The second-order valence-corrected chi connectivity index (χ2v) is 5.66. The number of hydrogen-bond donors (Lipinski definition) is 1. The average Bonchev–Trinajstić information content (AvgIpc) is 3.15. The van der Waals surface area contributed by atoms with Crippen LogP contribution >= 0.6 is 0 Å². The number of ether oxygens (including phenoxy) is 1. The van der Waals surface area contributed by atoms with Crippen molar-refractivity contribution in [1.29, 1.82) is 0 Å². The highest BCUT2D eigenvalue weighted by Crippen LogP contribution is 2.20. The van der Waals surface area contributed by atoms with E-state index >= 15 is 0 Å². The molecule has 0 spiro atoms. The molecule has 0 aliphatic heterocycles. The second-order valence-electron chi connectivity index (χ2n) is 5.66. The number of carbonyl (C=O) groups is 1. The molecule has 0 saturated heterocycles. The first-order valence-electron chi connectivity index (χ1n) is 8.45. The lowest BCUT2D eigenvalue weighted by Crippen LogP contribution is -2.37. The Labute approximate surface area is 147 Å². The zero-order valence-electron chi connectivity index (χ0n) is 14.9. The molecule has 0 amide bonds. The van der Waals surface area contributed by atoms with E-state index in [1.165, 1.54) is 19.2 Å². The molecule has 1 N–H and O–H groups in total. The number of hydrogen-bond acceptors (Lipinski definition) is 5. The molecule has 1 atom stereocenters. The van der Waals surface area contributed by atoms with Crippen molar-refractivity contribution < 1.29 is 18.3 Å². The second kappa shape index (κ2) is 9.34. The van der Waals surface area contributed by atoms with Crippen molar-refractivity contribution in [2.45, 2.75) is 19.9 Å². The number of carbonyl (C=O) groups excluding carboxylic acids is 1. The first-order valence-corrected chi connectivity index (χ1v) is 8.45. The summed E-state index contributed by atoms with van der Waals surface area (Å²) in [6.07, 6.45) is 1.65. The molecule has 2 rings (SSSR count). The third-order valence-corrected chi connectivity index (χ3v) is 4.22. The fourth-order valence-corrected chi connectivity index (χ4v) is 2.82. The quantitative estimate of drug-likeness (QED) is 0.668. The highest BCUT2D eigenvalue weighted by atomic mass is 19.1. The minimum absolute atomic E-state index is 0.0467. The summed E-state index contributed by atoms with van der Waals surface area (Å²) in [5.74, 6) is 0.285. The van der Waals surface area contributed by atoms with Gasteiger partial charge in [-0.15, -0.1) is 0 Å². The number of likely N-dealkylation sites (N-methyl/N-ethyl adjacent to an activating group) is 1. The monoisotopic (exact) mass is 348 g/mol. The van der Waals surface area contributed by atoms with Gasteiger partial charge in [-0.2, -0.15) is 0 Å². The summed E-state index contributed by atoms with van der Waals surface area (Å²) in [7, 11) is 1.39. The number of nitrogens with zero attached hydrogens (tertiary/aromatic N) is 1. The standard InChI is InChI=1S/C19H25FN2O3/c1-4-22(5-2)16(19-7-6-10-25-19)12-21-13-17(23)14-8-9-18(24-3)15(20)11-14/h6-11,16,21H,4-5,12-13H2,1-3H3. The van der Waals surface area contributed by atoms with Gasteiger partial charge in [-0.05, 0) is 43.4 Å². The first kappa shape index (κ1) is 19.1. The number of ketones is 1. The first-order chi connectivity index (χ1) is 12.1. The number of Topliss-reactive ketones (excluding diaryl/α,β-unsaturated/α-hetero) is 1. The molecule has 0 saturated carbocycles. The highest BCUT2D eigenvalue weighted by Gasteiger charge is 2.20. The molecule has 0 aliphatic carbocycles. The molecule has 1 aromatic carbocycles. The van der Waals surface area contributed by atoms with Crippen molar-refractivity contribution in [3.8, 4) is 5.75 Å². The number of halogens is 1. The Morgan fingerprint density at radius 2 is 2.08 bits per heavy atom. The van der Waals surface area contributed by atoms with E-state index in [2.05, 4.69) is 24.1 Å². The fourth-order valence-electron chi connectivity index (χ4n) is 2.82. The van der Waals surface area contributed by atoms with Crippen molar-refractivity contribution in [2.75, 3.05) is 33.3 Å². The van der Waals surface area contributed by atoms with Crippen molar-refractivity contribution >= 4 is 5.78 Å². The van der Waals surface area contributed by atoms with Gasteiger partial charge < -0.3 is 14.5 Å². The Bertz CT molecular complexity index is 669. The van der Waals surface area contributed by atoms with Gasteiger partial charge in [0.25, 0.3) is 0 Å². The minimum atomic E-state index is -0.537. The van der Waals surface area contributed by atoms with Gasteiger partial charge in [0, 0.05) is 12.1 Å². The molecule has 1 heterocycles. The van der Waals surface area contributed by atoms with Crippen LogP contribution in [-0.2, 0) is 0 Å². The predicted octanol–water partition coefficient (Wildman–Crippen LogP) is 3.28. The van der Waals surface area contributed by atoms with Gasteiger partial charge in [0.15, 0.2) is 17.3 Å². The van der Waals surface area contributed by atoms with Crippen LogP contribution in [0.25, 0.3) is 0 Å². The lowest BCUT2D eigenvalue weighted by atomic mass is 10.1. The summed E-state index contributed by atoms with van der Waals surface area (Å²) >= 11 is 0. The largest absolute Gasteiger partial charge is 0.494 e. The molecular weight excluding hydrogens is 323 g/mol. The maximum absolute atomic E-state index is 13.7. The molecule has 136 valence electrons. The van der Waals surface area contributed by atoms with E-state index in [0.717, 1.165) is 18.8 Å². The van der Waals surface area contributed by atoms with Gasteiger partial charge >= 0.3 is 0 Å². The molecule has 2 aromatic rings. The summed E-state index contributed by atoms with van der Waals surface area (Å²) in [5, 5.41) is 3.16. The summed E-state index contributed by atoms with van der Waals surface area (Å²) in [6.45, 7) is 6.63. The molecule has 0 fully saturated rings. The van der Waals surface area contributed by atoms with Crippen molar-refractivity contribution in [3.05, 3.63) is 53.7 Å². The van der Waals surface area contributed by atoms with E-state index in [9.17, 15) is 9.18 Å². The highest BCUT2D eigenvalue weighted by molar-refractivity contribution is 5.97. The Morgan fingerprint density at radius 3 is 2.64 bits per heavy atom. The molecule has 25 heavy (non-hydrogen) atoms. The van der Waals surface area contributed by atoms with E-state index in [1.807, 2.05) is 12.1 Å². The van der Waals surface area contributed by atoms with Gasteiger partial charge in [-0.25, -0.2) is 4.39 Å². The lowest BCUT2D eigenvalue weighted by molar-refractivity contribution is 0.0984. The molecule has 0 aliphatic rings. The molecular formula is C19H25FN2O3. The smallest absolute Gasteiger partial charge is 0.176 e. The fraction of sp³-hybridized carbons (Fsp3) is 0.421. The predicted molar refractivity (Wildman–Crippen MR) is 94.5 cm³/mol. The van der Waals surface area contributed by atoms with E-state index in [0.29, 0.717) is 12.1 Å². The van der Waals surface area contributed by atoms with Crippen LogP contribution in [0.1, 0.15) is 36.0 Å². The maximum atomic E-state index is 13.7. The van der Waals surface area contributed by atoms with Crippen molar-refractivity contribution in [3.63, 3.8) is 0 Å². The van der Waals surface area contributed by atoms with Gasteiger partial charge in [0.2, 0.25) is 0 Å². The number of furan rings is 1. The number of rotatable bonds is 10. The minimum Gasteiger partial charge on any atom is -0.494 e. The summed E-state index contributed by atoms with van der Waals surface area (Å²) in [4.78, 5) is 14.5. The Kier molecular flexibility index (Phi) is 7.16. The van der Waals surface area contributed by atoms with Gasteiger partial charge in [-0.1, -0.05) is 13.8 Å². The van der Waals surface area contributed by atoms with E-state index < -0.39 is 5.82 Å². The normalized spacial score (nSPS) is 12.4. The zero-order chi connectivity index (χ0) is 18.2. The van der Waals surface area contributed by atoms with Crippen molar-refractivity contribution in [2.24, 2.45) is 0 Å². The van der Waals surface area contributed by atoms with Crippen LogP contribution in [0.5, 0.6) is 5.75 Å². The van der Waals surface area contributed by atoms with Crippen LogP contribution in [0.3, 0.4) is 0 Å². The molecule has 6 heteroatoms. The van der Waals surface area contributed by atoms with E-state index in [4.69, 9.17) is 9.15 Å². The van der Waals surface area contributed by atoms with Crippen molar-refractivity contribution in [1.82, 2.24) is 10.2 Å². The number of methoxy groups -OCH3 is 1. The van der Waals surface area contributed by atoms with Crippen LogP contribution in [0.2, 0.25) is 0 Å². The van der Waals surface area contributed by atoms with Crippen LogP contribution in [0, 0.1) is 5.82 Å². The SMILES string of the molecule is CCN(CC)C(CNCC(=O)c1ccc(OC)c(F)c1)c1ccco1. The topological polar surface area (TPSA) is 54.7 Å². The van der Waals surface area contributed by atoms with Gasteiger partial charge in [-0.3, -0.25) is 9.69 Å². The summed E-state index contributed by atoms with van der Waals surface area (Å²) < 4.78 is 24.1. The van der Waals surface area contributed by atoms with Crippen LogP contribution < -0.4 is 10.1 Å². The zero-order valence-corrected chi connectivity index (χ0v) is 14.9. The molecule has 1 unspecified atom stereocenters. The third-order valence-electron chi connectivity index (χ3n) is 4.22. The van der Waals surface area contributed by atoms with E-state index in [1.54, 1.807) is 12.3 Å². The Balaban J connectivity index is 1.97. The number of benzene rings is 1. The van der Waals surface area contributed by atoms with E-state index in [-0.39, 0.29) is 24.1 Å². The molecule has 1 aromatic heterocycles.